The fourth-order valence-electron chi connectivity index (χ4n) is 1.74. The molecule has 16 heavy (non-hydrogen) atoms. The van der Waals surface area contributed by atoms with Crippen molar-refractivity contribution in [1.82, 2.24) is 0 Å². The van der Waals surface area contributed by atoms with Crippen molar-refractivity contribution in [2.45, 2.75) is 12.3 Å². The van der Waals surface area contributed by atoms with Crippen LogP contribution in [0.3, 0.4) is 0 Å². The van der Waals surface area contributed by atoms with Crippen LogP contribution in [-0.2, 0) is 9.53 Å². The number of benzene rings is 1. The average Bonchev–Trinajstić information content (AvgIpc) is 2.62. The van der Waals surface area contributed by atoms with E-state index in [9.17, 15) is 9.90 Å². The summed E-state index contributed by atoms with van der Waals surface area (Å²) in [7, 11) is 1.35. The van der Waals surface area contributed by atoms with Gasteiger partial charge in [0.2, 0.25) is 0 Å². The number of hydrogen-bond acceptors (Lipinski definition) is 4. The smallest absolute Gasteiger partial charge is 0.306 e. The van der Waals surface area contributed by atoms with Crippen molar-refractivity contribution >= 4 is 17.6 Å². The third-order valence-corrected chi connectivity index (χ3v) is 2.90. The zero-order chi connectivity index (χ0) is 11.7. The molecular formula is C11H11ClO4. The van der Waals surface area contributed by atoms with E-state index in [1.165, 1.54) is 13.2 Å². The van der Waals surface area contributed by atoms with Crippen LogP contribution in [0.25, 0.3) is 0 Å². The van der Waals surface area contributed by atoms with Crippen molar-refractivity contribution < 1.29 is 19.4 Å². The van der Waals surface area contributed by atoms with E-state index < -0.39 is 0 Å². The number of carbonyl (C=O) groups is 1. The predicted octanol–water partition coefficient (Wildman–Crippen LogP) is 2.08. The van der Waals surface area contributed by atoms with E-state index in [0.717, 1.165) is 5.56 Å². The maximum atomic E-state index is 11.2. The molecule has 0 fully saturated rings. The Morgan fingerprint density at radius 1 is 1.69 bits per heavy atom. The SMILES string of the molecule is COC(=O)C[C@@H]1COc2cc(O)c(Cl)cc21. The van der Waals surface area contributed by atoms with Crippen LogP contribution in [0.4, 0.5) is 0 Å². The number of hydrogen-bond donors (Lipinski definition) is 1. The van der Waals surface area contributed by atoms with Gasteiger partial charge in [-0.3, -0.25) is 4.79 Å². The Morgan fingerprint density at radius 3 is 3.12 bits per heavy atom. The molecule has 86 valence electrons. The molecule has 2 rings (SSSR count). The number of phenolic OH excluding ortho intramolecular Hbond substituents is 1. The number of ether oxygens (including phenoxy) is 2. The molecule has 5 heteroatoms. The van der Waals surface area contributed by atoms with Crippen LogP contribution in [0.15, 0.2) is 12.1 Å². The number of halogens is 1. The van der Waals surface area contributed by atoms with Gasteiger partial charge < -0.3 is 14.6 Å². The summed E-state index contributed by atoms with van der Waals surface area (Å²) in [4.78, 5) is 11.2. The highest BCUT2D eigenvalue weighted by Gasteiger charge is 2.28. The average molecular weight is 243 g/mol. The Kier molecular flexibility index (Phi) is 2.92. The zero-order valence-electron chi connectivity index (χ0n) is 8.70. The Balaban J connectivity index is 2.25. The van der Waals surface area contributed by atoms with E-state index in [2.05, 4.69) is 4.74 Å². The fourth-order valence-corrected chi connectivity index (χ4v) is 1.91. The molecule has 1 atom stereocenters. The number of esters is 1. The maximum Gasteiger partial charge on any atom is 0.306 e. The minimum absolute atomic E-state index is 0.0147. The normalized spacial score (nSPS) is 17.8. The van der Waals surface area contributed by atoms with Gasteiger partial charge in [0.05, 0.1) is 25.2 Å². The lowest BCUT2D eigenvalue weighted by atomic mass is 9.98. The van der Waals surface area contributed by atoms with Gasteiger partial charge in [0.15, 0.2) is 0 Å². The first-order valence-electron chi connectivity index (χ1n) is 4.84. The van der Waals surface area contributed by atoms with E-state index in [1.54, 1.807) is 6.07 Å². The molecule has 0 aromatic heterocycles. The standard InChI is InChI=1S/C11H11ClO4/c1-15-11(14)2-6-5-16-10-4-9(13)8(12)3-7(6)10/h3-4,6,13H,2,5H2,1H3/t6-/m1/s1. The molecule has 1 N–H and O–H groups in total. The summed E-state index contributed by atoms with van der Waals surface area (Å²) in [5.41, 5.74) is 0.841. The Labute approximate surface area is 97.7 Å². The van der Waals surface area contributed by atoms with Gasteiger partial charge in [0.25, 0.3) is 0 Å². The predicted molar refractivity (Wildman–Crippen MR) is 58.0 cm³/mol. The third-order valence-electron chi connectivity index (χ3n) is 2.60. The van der Waals surface area contributed by atoms with Crippen LogP contribution in [-0.4, -0.2) is 24.8 Å². The molecule has 0 amide bonds. The van der Waals surface area contributed by atoms with E-state index in [4.69, 9.17) is 16.3 Å². The van der Waals surface area contributed by atoms with E-state index in [1.807, 2.05) is 0 Å². The van der Waals surface area contributed by atoms with Gasteiger partial charge in [-0.2, -0.15) is 0 Å². The molecule has 1 aliphatic rings. The van der Waals surface area contributed by atoms with Gasteiger partial charge in [-0.25, -0.2) is 0 Å². The lowest BCUT2D eigenvalue weighted by Gasteiger charge is -2.07. The number of methoxy groups -OCH3 is 1. The molecule has 1 aliphatic heterocycles. The molecule has 0 spiro atoms. The lowest BCUT2D eigenvalue weighted by Crippen LogP contribution is -2.09. The molecule has 1 aromatic rings. The van der Waals surface area contributed by atoms with E-state index in [0.29, 0.717) is 12.4 Å². The van der Waals surface area contributed by atoms with Crippen molar-refractivity contribution in [3.05, 3.63) is 22.7 Å². The molecule has 0 saturated carbocycles. The highest BCUT2D eigenvalue weighted by atomic mass is 35.5. The Morgan fingerprint density at radius 2 is 2.44 bits per heavy atom. The summed E-state index contributed by atoms with van der Waals surface area (Å²) in [5, 5.41) is 9.66. The molecule has 0 radical (unpaired) electrons. The topological polar surface area (TPSA) is 55.8 Å². The molecule has 0 bridgehead atoms. The van der Waals surface area contributed by atoms with Crippen LogP contribution in [0.5, 0.6) is 11.5 Å². The van der Waals surface area contributed by atoms with Crippen LogP contribution in [0.1, 0.15) is 17.9 Å². The monoisotopic (exact) mass is 242 g/mol. The Bertz CT molecular complexity index is 430. The lowest BCUT2D eigenvalue weighted by molar-refractivity contribution is -0.141. The van der Waals surface area contributed by atoms with Crippen molar-refractivity contribution in [1.29, 1.82) is 0 Å². The molecular weight excluding hydrogens is 232 g/mol. The maximum absolute atomic E-state index is 11.2. The molecule has 4 nitrogen and oxygen atoms in total. The summed E-state index contributed by atoms with van der Waals surface area (Å²) in [6, 6.07) is 3.10. The highest BCUT2D eigenvalue weighted by molar-refractivity contribution is 6.32. The fraction of sp³-hybridized carbons (Fsp3) is 0.364. The second kappa shape index (κ2) is 4.22. The first-order valence-corrected chi connectivity index (χ1v) is 5.21. The van der Waals surface area contributed by atoms with Gasteiger partial charge in [-0.1, -0.05) is 11.6 Å². The highest BCUT2D eigenvalue weighted by Crippen LogP contribution is 2.41. The van der Waals surface area contributed by atoms with Crippen LogP contribution in [0, 0.1) is 0 Å². The van der Waals surface area contributed by atoms with Gasteiger partial charge >= 0.3 is 5.97 Å². The molecule has 0 unspecified atom stereocenters. The van der Waals surface area contributed by atoms with Crippen LogP contribution >= 0.6 is 11.6 Å². The second-order valence-corrected chi connectivity index (χ2v) is 4.04. The van der Waals surface area contributed by atoms with Gasteiger partial charge in [0, 0.05) is 17.5 Å². The molecule has 0 aliphatic carbocycles. The van der Waals surface area contributed by atoms with Gasteiger partial charge in [0.1, 0.15) is 11.5 Å². The molecule has 1 heterocycles. The van der Waals surface area contributed by atoms with Gasteiger partial charge in [-0.15, -0.1) is 0 Å². The van der Waals surface area contributed by atoms with Crippen molar-refractivity contribution in [2.24, 2.45) is 0 Å². The second-order valence-electron chi connectivity index (χ2n) is 3.63. The third kappa shape index (κ3) is 1.93. The van der Waals surface area contributed by atoms with Crippen molar-refractivity contribution in [2.75, 3.05) is 13.7 Å². The molecule has 0 saturated heterocycles. The summed E-state index contributed by atoms with van der Waals surface area (Å²) >= 11 is 5.81. The van der Waals surface area contributed by atoms with Crippen LogP contribution in [0.2, 0.25) is 5.02 Å². The number of phenols is 1. The number of rotatable bonds is 2. The largest absolute Gasteiger partial charge is 0.506 e. The first-order chi connectivity index (χ1) is 7.61. The number of carbonyl (C=O) groups excluding carboxylic acids is 1. The molecule has 1 aromatic carbocycles. The van der Waals surface area contributed by atoms with Crippen molar-refractivity contribution in [3.8, 4) is 11.5 Å². The first kappa shape index (κ1) is 11.1. The number of aromatic hydroxyl groups is 1. The quantitative estimate of drug-likeness (QED) is 0.807. The van der Waals surface area contributed by atoms with Gasteiger partial charge in [-0.05, 0) is 6.07 Å². The van der Waals surface area contributed by atoms with E-state index in [-0.39, 0.29) is 29.1 Å². The minimum atomic E-state index is -0.286. The minimum Gasteiger partial charge on any atom is -0.506 e. The Hall–Kier alpha value is -1.42. The zero-order valence-corrected chi connectivity index (χ0v) is 9.45. The number of fused-ring (bicyclic) bond motifs is 1. The van der Waals surface area contributed by atoms with E-state index >= 15 is 0 Å². The summed E-state index contributed by atoms with van der Waals surface area (Å²) in [6.45, 7) is 0.407. The van der Waals surface area contributed by atoms with Crippen LogP contribution < -0.4 is 4.74 Å². The summed E-state index contributed by atoms with van der Waals surface area (Å²) < 4.78 is 9.97. The summed E-state index contributed by atoms with van der Waals surface area (Å²) in [5.74, 6) is 0.223. The van der Waals surface area contributed by atoms with Crippen molar-refractivity contribution in [3.63, 3.8) is 0 Å². The summed E-state index contributed by atoms with van der Waals surface area (Å²) in [6.07, 6.45) is 0.255.